The summed E-state index contributed by atoms with van der Waals surface area (Å²) in [5.74, 6) is -0.474. The lowest BCUT2D eigenvalue weighted by Gasteiger charge is -1.95. The topological polar surface area (TPSA) is 12.9 Å². The Morgan fingerprint density at radius 2 is 2.09 bits per heavy atom. The SMILES string of the molecule is Cl.Fc1nc(Cl)ccc1CCl. The van der Waals surface area contributed by atoms with E-state index in [0.717, 1.165) is 0 Å². The van der Waals surface area contributed by atoms with Crippen molar-refractivity contribution in [3.05, 3.63) is 28.8 Å². The fourth-order valence-corrected chi connectivity index (χ4v) is 0.877. The summed E-state index contributed by atoms with van der Waals surface area (Å²) >= 11 is 10.7. The first-order valence-electron chi connectivity index (χ1n) is 2.61. The average molecular weight is 216 g/mol. The molecule has 5 heteroatoms. The molecule has 62 valence electrons. The van der Waals surface area contributed by atoms with Crippen LogP contribution in [0.5, 0.6) is 0 Å². The lowest BCUT2D eigenvalue weighted by atomic mass is 10.3. The van der Waals surface area contributed by atoms with Gasteiger partial charge in [-0.15, -0.1) is 24.0 Å². The van der Waals surface area contributed by atoms with Crippen LogP contribution < -0.4 is 0 Å². The zero-order valence-corrected chi connectivity index (χ0v) is 7.68. The van der Waals surface area contributed by atoms with Gasteiger partial charge in [0.15, 0.2) is 0 Å². The summed E-state index contributed by atoms with van der Waals surface area (Å²) in [7, 11) is 0. The Morgan fingerprint density at radius 3 is 2.55 bits per heavy atom. The summed E-state index contributed by atoms with van der Waals surface area (Å²) in [5.41, 5.74) is 0.367. The Labute approximate surface area is 79.9 Å². The van der Waals surface area contributed by atoms with Crippen LogP contribution in [0.3, 0.4) is 0 Å². The smallest absolute Gasteiger partial charge is 0.208 e. The molecule has 0 aliphatic heterocycles. The zero-order chi connectivity index (χ0) is 7.56. The van der Waals surface area contributed by atoms with Crippen LogP contribution in [0.2, 0.25) is 5.15 Å². The molecule has 1 aromatic heterocycles. The molecule has 0 radical (unpaired) electrons. The molecule has 0 atom stereocenters. The van der Waals surface area contributed by atoms with Crippen LogP contribution in [0.1, 0.15) is 5.56 Å². The standard InChI is InChI=1S/C6H4Cl2FN.ClH/c7-3-4-1-2-5(8)10-6(4)9;/h1-2H,3H2;1H. The highest BCUT2D eigenvalue weighted by Gasteiger charge is 2.01. The van der Waals surface area contributed by atoms with E-state index in [1.54, 1.807) is 0 Å². The molecule has 0 saturated carbocycles. The highest BCUT2D eigenvalue weighted by molar-refractivity contribution is 6.29. The van der Waals surface area contributed by atoms with Crippen LogP contribution in [-0.2, 0) is 5.88 Å². The van der Waals surface area contributed by atoms with Crippen molar-refractivity contribution in [2.24, 2.45) is 0 Å². The van der Waals surface area contributed by atoms with E-state index in [-0.39, 0.29) is 23.4 Å². The Balaban J connectivity index is 0.000001000. The molecule has 0 aromatic carbocycles. The van der Waals surface area contributed by atoms with Gasteiger partial charge in [0.05, 0.1) is 5.88 Å². The van der Waals surface area contributed by atoms with Crippen LogP contribution in [-0.4, -0.2) is 4.98 Å². The minimum absolute atomic E-state index is 0. The molecule has 0 N–H and O–H groups in total. The third kappa shape index (κ3) is 2.81. The maximum Gasteiger partial charge on any atom is 0.218 e. The molecular weight excluding hydrogens is 211 g/mol. The molecule has 0 bridgehead atoms. The number of pyridine rings is 1. The van der Waals surface area contributed by atoms with Crippen LogP contribution in [0.15, 0.2) is 12.1 Å². The molecule has 0 aliphatic rings. The number of hydrogen-bond acceptors (Lipinski definition) is 1. The van der Waals surface area contributed by atoms with Crippen molar-refractivity contribution in [1.29, 1.82) is 0 Å². The van der Waals surface area contributed by atoms with E-state index in [1.165, 1.54) is 12.1 Å². The van der Waals surface area contributed by atoms with Gasteiger partial charge >= 0.3 is 0 Å². The predicted molar refractivity (Wildman–Crippen MR) is 46.0 cm³/mol. The Morgan fingerprint density at radius 1 is 1.45 bits per heavy atom. The number of hydrogen-bond donors (Lipinski definition) is 0. The van der Waals surface area contributed by atoms with Crippen molar-refractivity contribution < 1.29 is 4.39 Å². The summed E-state index contributed by atoms with van der Waals surface area (Å²) in [6.07, 6.45) is 0. The van der Waals surface area contributed by atoms with Gasteiger partial charge in [-0.1, -0.05) is 17.7 Å². The molecule has 0 aliphatic carbocycles. The molecule has 11 heavy (non-hydrogen) atoms. The van der Waals surface area contributed by atoms with Crippen LogP contribution in [0, 0.1) is 5.95 Å². The van der Waals surface area contributed by atoms with E-state index in [0.29, 0.717) is 5.56 Å². The summed E-state index contributed by atoms with van der Waals surface area (Å²) in [6, 6.07) is 3.01. The molecule has 0 unspecified atom stereocenters. The van der Waals surface area contributed by atoms with E-state index < -0.39 is 5.95 Å². The van der Waals surface area contributed by atoms with Gasteiger partial charge in [-0.3, -0.25) is 0 Å². The Kier molecular flexibility index (Phi) is 4.73. The van der Waals surface area contributed by atoms with Crippen molar-refractivity contribution >= 4 is 35.6 Å². The minimum atomic E-state index is -0.595. The Bertz CT molecular complexity index is 241. The Hall–Kier alpha value is -0.0500. The second-order valence-electron chi connectivity index (χ2n) is 1.72. The largest absolute Gasteiger partial charge is 0.218 e. The molecule has 1 aromatic rings. The molecule has 1 rings (SSSR count). The second kappa shape index (κ2) is 4.75. The summed E-state index contributed by atoms with van der Waals surface area (Å²) < 4.78 is 12.6. The predicted octanol–water partition coefficient (Wildman–Crippen LogP) is 3.03. The maximum absolute atomic E-state index is 12.6. The molecule has 0 saturated heterocycles. The first-order chi connectivity index (χ1) is 4.74. The van der Waals surface area contributed by atoms with Gasteiger partial charge in [0.1, 0.15) is 5.15 Å². The summed E-state index contributed by atoms with van der Waals surface area (Å²) in [4.78, 5) is 3.36. The van der Waals surface area contributed by atoms with Gasteiger partial charge in [-0.2, -0.15) is 4.39 Å². The van der Waals surface area contributed by atoms with Gasteiger partial charge in [0.2, 0.25) is 5.95 Å². The fraction of sp³-hybridized carbons (Fsp3) is 0.167. The van der Waals surface area contributed by atoms with Crippen molar-refractivity contribution in [1.82, 2.24) is 4.98 Å². The normalized spacial score (nSPS) is 9.00. The van der Waals surface area contributed by atoms with Crippen LogP contribution in [0.25, 0.3) is 0 Å². The molecule has 1 nitrogen and oxygen atoms in total. The minimum Gasteiger partial charge on any atom is -0.208 e. The van der Waals surface area contributed by atoms with Gasteiger partial charge in [-0.25, -0.2) is 4.98 Å². The van der Waals surface area contributed by atoms with E-state index in [2.05, 4.69) is 4.98 Å². The monoisotopic (exact) mass is 215 g/mol. The van der Waals surface area contributed by atoms with E-state index in [4.69, 9.17) is 23.2 Å². The third-order valence-electron chi connectivity index (χ3n) is 1.04. The van der Waals surface area contributed by atoms with Crippen molar-refractivity contribution in [3.63, 3.8) is 0 Å². The molecule has 1 heterocycles. The number of aromatic nitrogens is 1. The fourth-order valence-electron chi connectivity index (χ4n) is 0.541. The zero-order valence-electron chi connectivity index (χ0n) is 5.35. The number of alkyl halides is 1. The highest BCUT2D eigenvalue weighted by atomic mass is 35.5. The van der Waals surface area contributed by atoms with Crippen molar-refractivity contribution in [3.8, 4) is 0 Å². The number of rotatable bonds is 1. The maximum atomic E-state index is 12.6. The summed E-state index contributed by atoms with van der Waals surface area (Å²) in [5, 5.41) is 0.145. The number of nitrogens with zero attached hydrogens (tertiary/aromatic N) is 1. The van der Waals surface area contributed by atoms with E-state index in [1.807, 2.05) is 0 Å². The lowest BCUT2D eigenvalue weighted by Crippen LogP contribution is -1.89. The van der Waals surface area contributed by atoms with Gasteiger partial charge in [0.25, 0.3) is 0 Å². The molecule has 0 spiro atoms. The molecule has 0 amide bonds. The van der Waals surface area contributed by atoms with Gasteiger partial charge in [-0.05, 0) is 6.07 Å². The first-order valence-corrected chi connectivity index (χ1v) is 3.52. The van der Waals surface area contributed by atoms with Gasteiger partial charge in [0, 0.05) is 5.56 Å². The van der Waals surface area contributed by atoms with E-state index in [9.17, 15) is 4.39 Å². The van der Waals surface area contributed by atoms with Crippen LogP contribution >= 0.6 is 35.6 Å². The summed E-state index contributed by atoms with van der Waals surface area (Å²) in [6.45, 7) is 0. The quantitative estimate of drug-likeness (QED) is 0.519. The van der Waals surface area contributed by atoms with Gasteiger partial charge < -0.3 is 0 Å². The first kappa shape index (κ1) is 11.0. The highest BCUT2D eigenvalue weighted by Crippen LogP contribution is 2.11. The molecule has 0 fully saturated rings. The molecular formula is C6H5Cl3FN. The third-order valence-corrected chi connectivity index (χ3v) is 1.53. The lowest BCUT2D eigenvalue weighted by molar-refractivity contribution is 0.573. The van der Waals surface area contributed by atoms with Crippen molar-refractivity contribution in [2.75, 3.05) is 0 Å². The van der Waals surface area contributed by atoms with Crippen LogP contribution in [0.4, 0.5) is 4.39 Å². The van der Waals surface area contributed by atoms with E-state index >= 15 is 0 Å². The number of halogens is 4. The van der Waals surface area contributed by atoms with Crippen molar-refractivity contribution in [2.45, 2.75) is 5.88 Å². The average Bonchev–Trinajstić information content (AvgIpc) is 1.88. The second-order valence-corrected chi connectivity index (χ2v) is 2.37.